The summed E-state index contributed by atoms with van der Waals surface area (Å²) in [5, 5.41) is 10.2. The van der Waals surface area contributed by atoms with Gasteiger partial charge in [-0.1, -0.05) is 18.2 Å². The van der Waals surface area contributed by atoms with Gasteiger partial charge in [0.05, 0.1) is 18.8 Å². The van der Waals surface area contributed by atoms with Crippen LogP contribution in [0.15, 0.2) is 24.0 Å². The molecule has 3 rings (SSSR count). The van der Waals surface area contributed by atoms with E-state index in [0.29, 0.717) is 25.3 Å². The summed E-state index contributed by atoms with van der Waals surface area (Å²) >= 11 is 0. The number of carbonyl (C=O) groups excluding carboxylic acids is 2. The van der Waals surface area contributed by atoms with E-state index in [4.69, 9.17) is 4.74 Å². The number of benzene rings is 1. The monoisotopic (exact) mass is 330 g/mol. The molecule has 2 aliphatic rings. The van der Waals surface area contributed by atoms with E-state index in [1.54, 1.807) is 6.07 Å². The fourth-order valence-corrected chi connectivity index (χ4v) is 2.99. The predicted octanol–water partition coefficient (Wildman–Crippen LogP) is 1.27. The summed E-state index contributed by atoms with van der Waals surface area (Å²) < 4.78 is 5.29. The number of rotatable bonds is 4. The number of nitrogens with zero attached hydrogens (tertiary/aromatic N) is 2. The van der Waals surface area contributed by atoms with Crippen molar-refractivity contribution < 1.29 is 19.4 Å². The molecule has 2 aliphatic heterocycles. The zero-order chi connectivity index (χ0) is 17.3. The highest BCUT2D eigenvalue weighted by atomic mass is 16.5. The molecule has 0 radical (unpaired) electrons. The lowest BCUT2D eigenvalue weighted by molar-refractivity contribution is -0.138. The molecular formula is C18H22N2O4. The van der Waals surface area contributed by atoms with Crippen molar-refractivity contribution in [2.45, 2.75) is 13.8 Å². The smallest absolute Gasteiger partial charge is 0.296 e. The number of imide groups is 1. The fraction of sp³-hybridized carbons (Fsp3) is 0.444. The van der Waals surface area contributed by atoms with Crippen molar-refractivity contribution in [3.8, 4) is 0 Å². The summed E-state index contributed by atoms with van der Waals surface area (Å²) in [6.45, 7) is 7.69. The van der Waals surface area contributed by atoms with Gasteiger partial charge in [0.1, 0.15) is 0 Å². The minimum absolute atomic E-state index is 0.102. The second kappa shape index (κ2) is 6.75. The molecule has 0 bridgehead atoms. The van der Waals surface area contributed by atoms with Gasteiger partial charge in [0.15, 0.2) is 5.76 Å². The van der Waals surface area contributed by atoms with Gasteiger partial charge in [-0.3, -0.25) is 19.4 Å². The van der Waals surface area contributed by atoms with E-state index >= 15 is 0 Å². The van der Waals surface area contributed by atoms with Gasteiger partial charge in [0.25, 0.3) is 11.8 Å². The van der Waals surface area contributed by atoms with Gasteiger partial charge in [-0.25, -0.2) is 0 Å². The summed E-state index contributed by atoms with van der Waals surface area (Å²) in [6.07, 6.45) is 0. The number of hydrogen-bond acceptors (Lipinski definition) is 5. The van der Waals surface area contributed by atoms with Gasteiger partial charge in [-0.15, -0.1) is 0 Å². The molecule has 0 saturated carbocycles. The Bertz CT molecular complexity index is 705. The minimum atomic E-state index is -0.610. The molecule has 1 aromatic rings. The zero-order valence-corrected chi connectivity index (χ0v) is 14.0. The number of morpholine rings is 1. The standard InChI is InChI=1S/C18H22N2O4/c1-12-3-4-14(11-13(12)2)15-16(21)18(23)20(17(15)22)6-5-19-7-9-24-10-8-19/h3-4,11,21H,5-10H2,1-2H3. The normalized spacial score (nSPS) is 19.5. The van der Waals surface area contributed by atoms with Crippen molar-refractivity contribution in [3.05, 3.63) is 40.6 Å². The lowest BCUT2D eigenvalue weighted by atomic mass is 10.0. The van der Waals surface area contributed by atoms with Crippen LogP contribution in [-0.4, -0.2) is 66.1 Å². The van der Waals surface area contributed by atoms with Crippen molar-refractivity contribution in [2.75, 3.05) is 39.4 Å². The maximum atomic E-state index is 12.6. The number of hydrogen-bond donors (Lipinski definition) is 1. The van der Waals surface area contributed by atoms with Gasteiger partial charge in [-0.05, 0) is 30.5 Å². The van der Waals surface area contributed by atoms with Gasteiger partial charge < -0.3 is 9.84 Å². The maximum Gasteiger partial charge on any atom is 0.296 e. The quantitative estimate of drug-likeness (QED) is 0.842. The number of aliphatic hydroxyl groups is 1. The van der Waals surface area contributed by atoms with Crippen LogP contribution < -0.4 is 0 Å². The van der Waals surface area contributed by atoms with Gasteiger partial charge >= 0.3 is 0 Å². The highest BCUT2D eigenvalue weighted by molar-refractivity contribution is 6.34. The van der Waals surface area contributed by atoms with Crippen LogP contribution in [0.2, 0.25) is 0 Å². The third kappa shape index (κ3) is 3.07. The Kier molecular flexibility index (Phi) is 4.69. The summed E-state index contributed by atoms with van der Waals surface area (Å²) in [4.78, 5) is 28.2. The number of aryl methyl sites for hydroxylation is 2. The molecule has 24 heavy (non-hydrogen) atoms. The van der Waals surface area contributed by atoms with E-state index in [9.17, 15) is 14.7 Å². The Morgan fingerprint density at radius 3 is 2.42 bits per heavy atom. The van der Waals surface area contributed by atoms with Crippen molar-refractivity contribution >= 4 is 17.4 Å². The molecule has 2 heterocycles. The van der Waals surface area contributed by atoms with Gasteiger partial charge in [-0.2, -0.15) is 0 Å². The Labute approximate surface area is 141 Å². The molecule has 0 spiro atoms. The van der Waals surface area contributed by atoms with Crippen molar-refractivity contribution in [3.63, 3.8) is 0 Å². The number of aliphatic hydroxyl groups excluding tert-OH is 1. The van der Waals surface area contributed by atoms with Crippen LogP contribution >= 0.6 is 0 Å². The van der Waals surface area contributed by atoms with Crippen molar-refractivity contribution in [2.24, 2.45) is 0 Å². The molecule has 2 amide bonds. The maximum absolute atomic E-state index is 12.6. The molecule has 1 aromatic carbocycles. The fourth-order valence-electron chi connectivity index (χ4n) is 2.99. The molecule has 0 aromatic heterocycles. The second-order valence-electron chi connectivity index (χ2n) is 6.24. The Hall–Kier alpha value is -2.18. The molecule has 128 valence electrons. The van der Waals surface area contributed by atoms with E-state index in [1.165, 1.54) is 0 Å². The third-order valence-corrected chi connectivity index (χ3v) is 4.68. The number of ether oxygens (including phenoxy) is 1. The molecule has 1 saturated heterocycles. The Balaban J connectivity index is 1.75. The molecule has 1 fully saturated rings. The second-order valence-corrected chi connectivity index (χ2v) is 6.24. The molecule has 1 N–H and O–H groups in total. The summed E-state index contributed by atoms with van der Waals surface area (Å²) in [6, 6.07) is 5.49. The lowest BCUT2D eigenvalue weighted by Gasteiger charge is -2.28. The SMILES string of the molecule is Cc1ccc(C2=C(O)C(=O)N(CCN3CCOCC3)C2=O)cc1C. The van der Waals surface area contributed by atoms with Crippen LogP contribution in [0.25, 0.3) is 5.57 Å². The first kappa shape index (κ1) is 16.7. The van der Waals surface area contributed by atoms with Crippen LogP contribution in [0.3, 0.4) is 0 Å². The summed E-state index contributed by atoms with van der Waals surface area (Å²) in [5.41, 5.74) is 2.80. The molecule has 0 atom stereocenters. The van der Waals surface area contributed by atoms with Crippen LogP contribution in [0.5, 0.6) is 0 Å². The van der Waals surface area contributed by atoms with Crippen LogP contribution in [0, 0.1) is 13.8 Å². The van der Waals surface area contributed by atoms with E-state index in [0.717, 1.165) is 29.1 Å². The summed E-state index contributed by atoms with van der Waals surface area (Å²) in [7, 11) is 0. The lowest BCUT2D eigenvalue weighted by Crippen LogP contribution is -2.43. The first-order valence-electron chi connectivity index (χ1n) is 8.16. The molecule has 6 heteroatoms. The first-order chi connectivity index (χ1) is 11.5. The third-order valence-electron chi connectivity index (χ3n) is 4.68. The minimum Gasteiger partial charge on any atom is -0.502 e. The molecule has 6 nitrogen and oxygen atoms in total. The topological polar surface area (TPSA) is 70.1 Å². The number of carbonyl (C=O) groups is 2. The zero-order valence-electron chi connectivity index (χ0n) is 14.0. The van der Waals surface area contributed by atoms with Gasteiger partial charge in [0.2, 0.25) is 0 Å². The molecular weight excluding hydrogens is 308 g/mol. The van der Waals surface area contributed by atoms with Gasteiger partial charge in [0, 0.05) is 26.2 Å². The van der Waals surface area contributed by atoms with Crippen LogP contribution in [0.1, 0.15) is 16.7 Å². The van der Waals surface area contributed by atoms with E-state index < -0.39 is 17.6 Å². The number of amides is 2. The van der Waals surface area contributed by atoms with Crippen molar-refractivity contribution in [1.82, 2.24) is 9.80 Å². The molecule has 0 aliphatic carbocycles. The summed E-state index contributed by atoms with van der Waals surface area (Å²) in [5.74, 6) is -1.49. The highest BCUT2D eigenvalue weighted by Gasteiger charge is 2.39. The average molecular weight is 330 g/mol. The van der Waals surface area contributed by atoms with Crippen LogP contribution in [0.4, 0.5) is 0 Å². The Morgan fingerprint density at radius 1 is 1.04 bits per heavy atom. The Morgan fingerprint density at radius 2 is 1.75 bits per heavy atom. The van der Waals surface area contributed by atoms with E-state index in [2.05, 4.69) is 4.90 Å². The highest BCUT2D eigenvalue weighted by Crippen LogP contribution is 2.29. The largest absolute Gasteiger partial charge is 0.502 e. The molecule has 0 unspecified atom stereocenters. The predicted molar refractivity (Wildman–Crippen MR) is 89.4 cm³/mol. The first-order valence-corrected chi connectivity index (χ1v) is 8.16. The average Bonchev–Trinajstić information content (AvgIpc) is 2.79. The van der Waals surface area contributed by atoms with E-state index in [-0.39, 0.29) is 12.1 Å². The van der Waals surface area contributed by atoms with Crippen LogP contribution in [-0.2, 0) is 14.3 Å². The van der Waals surface area contributed by atoms with E-state index in [1.807, 2.05) is 26.0 Å². The van der Waals surface area contributed by atoms with Crippen molar-refractivity contribution in [1.29, 1.82) is 0 Å².